The van der Waals surface area contributed by atoms with Crippen molar-refractivity contribution in [1.29, 1.82) is 0 Å². The molecule has 11 heteroatoms. The predicted molar refractivity (Wildman–Crippen MR) is 132 cm³/mol. The maximum absolute atomic E-state index is 12.8. The number of carboxylic acid groups (broad SMARTS) is 1. The van der Waals surface area contributed by atoms with Gasteiger partial charge in [-0.2, -0.15) is 12.6 Å². The Balaban J connectivity index is 2.05. The molecule has 2 aromatic rings. The fourth-order valence-corrected chi connectivity index (χ4v) is 3.60. The molecule has 1 aromatic carbocycles. The number of rotatable bonds is 12. The number of aliphatic carboxylic acids is 1. The summed E-state index contributed by atoms with van der Waals surface area (Å²) in [6.45, 7) is 5.11. The number of hydrogen-bond acceptors (Lipinski definition) is 6. The SMILES string of the molecule is CCC(C)C(NC(=O)C(N)CS)C(=O)NC(C)C(=O)NC(Cc1c[nH]c2ccccc12)C(=O)O. The lowest BCUT2D eigenvalue weighted by molar-refractivity contribution is -0.142. The van der Waals surface area contributed by atoms with Crippen molar-refractivity contribution in [3.05, 3.63) is 36.0 Å². The normalized spacial score (nSPS) is 15.6. The molecule has 3 amide bonds. The maximum Gasteiger partial charge on any atom is 0.326 e. The Morgan fingerprint density at radius 3 is 2.35 bits per heavy atom. The van der Waals surface area contributed by atoms with Crippen LogP contribution in [0.1, 0.15) is 32.8 Å². The van der Waals surface area contributed by atoms with Gasteiger partial charge >= 0.3 is 5.97 Å². The summed E-state index contributed by atoms with van der Waals surface area (Å²) in [6.07, 6.45) is 2.38. The number of nitrogens with two attached hydrogens (primary N) is 1. The number of H-pyrrole nitrogens is 1. The summed E-state index contributed by atoms with van der Waals surface area (Å²) in [5.74, 6) is -3.02. The van der Waals surface area contributed by atoms with Gasteiger partial charge in [0.1, 0.15) is 18.1 Å². The molecule has 0 bridgehead atoms. The smallest absolute Gasteiger partial charge is 0.326 e. The molecule has 10 nitrogen and oxygen atoms in total. The number of carboxylic acids is 1. The first kappa shape index (κ1) is 27.2. The number of carbonyl (C=O) groups is 4. The van der Waals surface area contributed by atoms with Crippen LogP contribution in [0.3, 0.4) is 0 Å². The van der Waals surface area contributed by atoms with Crippen molar-refractivity contribution >= 4 is 47.2 Å². The Morgan fingerprint density at radius 1 is 1.06 bits per heavy atom. The zero-order valence-electron chi connectivity index (χ0n) is 19.5. The maximum atomic E-state index is 12.8. The molecule has 0 saturated carbocycles. The summed E-state index contributed by atoms with van der Waals surface area (Å²) >= 11 is 4.00. The van der Waals surface area contributed by atoms with Crippen LogP contribution in [0.5, 0.6) is 0 Å². The van der Waals surface area contributed by atoms with Crippen molar-refractivity contribution in [2.45, 2.75) is 57.8 Å². The summed E-state index contributed by atoms with van der Waals surface area (Å²) in [7, 11) is 0. The average Bonchev–Trinajstić information content (AvgIpc) is 3.23. The number of aromatic amines is 1. The Kier molecular flexibility index (Phi) is 9.94. The van der Waals surface area contributed by atoms with Gasteiger partial charge in [-0.25, -0.2) is 4.79 Å². The predicted octanol–water partition coefficient (Wildman–Crippen LogP) is 0.573. The first-order valence-corrected chi connectivity index (χ1v) is 11.8. The molecule has 186 valence electrons. The number of thiol groups is 1. The minimum Gasteiger partial charge on any atom is -0.480 e. The summed E-state index contributed by atoms with van der Waals surface area (Å²) < 4.78 is 0. The fraction of sp³-hybridized carbons (Fsp3) is 0.478. The van der Waals surface area contributed by atoms with E-state index in [4.69, 9.17) is 5.73 Å². The van der Waals surface area contributed by atoms with E-state index in [-0.39, 0.29) is 18.1 Å². The van der Waals surface area contributed by atoms with E-state index in [1.807, 2.05) is 31.2 Å². The van der Waals surface area contributed by atoms with E-state index in [1.165, 1.54) is 6.92 Å². The van der Waals surface area contributed by atoms with Crippen LogP contribution in [0.4, 0.5) is 0 Å². The van der Waals surface area contributed by atoms with Crippen molar-refractivity contribution in [2.75, 3.05) is 5.75 Å². The number of hydrogen-bond donors (Lipinski definition) is 7. The van der Waals surface area contributed by atoms with Gasteiger partial charge < -0.3 is 31.8 Å². The van der Waals surface area contributed by atoms with Crippen LogP contribution in [0.15, 0.2) is 30.5 Å². The van der Waals surface area contributed by atoms with E-state index < -0.39 is 47.9 Å². The number of carbonyl (C=O) groups excluding carboxylic acids is 3. The molecule has 2 rings (SSSR count). The second-order valence-corrected chi connectivity index (χ2v) is 8.72. The number of benzene rings is 1. The molecule has 34 heavy (non-hydrogen) atoms. The van der Waals surface area contributed by atoms with Crippen LogP contribution in [-0.4, -0.2) is 63.7 Å². The first-order chi connectivity index (χ1) is 16.1. The first-order valence-electron chi connectivity index (χ1n) is 11.1. The number of aromatic nitrogens is 1. The van der Waals surface area contributed by atoms with Crippen molar-refractivity contribution in [2.24, 2.45) is 11.7 Å². The molecule has 0 fully saturated rings. The van der Waals surface area contributed by atoms with Gasteiger partial charge in [0.2, 0.25) is 17.7 Å². The highest BCUT2D eigenvalue weighted by atomic mass is 32.1. The second kappa shape index (κ2) is 12.4. The molecule has 0 radical (unpaired) electrons. The van der Waals surface area contributed by atoms with E-state index in [2.05, 4.69) is 33.6 Å². The van der Waals surface area contributed by atoms with Crippen LogP contribution in [0.2, 0.25) is 0 Å². The molecule has 0 saturated heterocycles. The Hall–Kier alpha value is -3.05. The molecule has 0 spiro atoms. The molecular weight excluding hydrogens is 458 g/mol. The van der Waals surface area contributed by atoms with Crippen LogP contribution in [-0.2, 0) is 25.6 Å². The highest BCUT2D eigenvalue weighted by molar-refractivity contribution is 7.80. The number of nitrogens with one attached hydrogen (secondary N) is 4. The van der Waals surface area contributed by atoms with E-state index in [0.717, 1.165) is 16.5 Å². The molecule has 0 aliphatic heterocycles. The van der Waals surface area contributed by atoms with Crippen molar-refractivity contribution in [3.8, 4) is 0 Å². The molecule has 1 aromatic heterocycles. The molecule has 1 heterocycles. The molecular formula is C23H33N5O5S. The summed E-state index contributed by atoms with van der Waals surface area (Å²) in [4.78, 5) is 52.6. The lowest BCUT2D eigenvalue weighted by Gasteiger charge is -2.26. The van der Waals surface area contributed by atoms with E-state index in [1.54, 1.807) is 13.1 Å². The summed E-state index contributed by atoms with van der Waals surface area (Å²) in [6, 6.07) is 3.47. The van der Waals surface area contributed by atoms with Crippen molar-refractivity contribution < 1.29 is 24.3 Å². The monoisotopic (exact) mass is 491 g/mol. The summed E-state index contributed by atoms with van der Waals surface area (Å²) in [5.41, 5.74) is 7.30. The minimum absolute atomic E-state index is 0.0684. The van der Waals surface area contributed by atoms with Gasteiger partial charge in [0.15, 0.2) is 0 Å². The number of fused-ring (bicyclic) bond motifs is 1. The van der Waals surface area contributed by atoms with Gasteiger partial charge in [-0.3, -0.25) is 14.4 Å². The molecule has 0 aliphatic carbocycles. The van der Waals surface area contributed by atoms with Gasteiger partial charge in [-0.15, -0.1) is 0 Å². The van der Waals surface area contributed by atoms with E-state index in [9.17, 15) is 24.3 Å². The average molecular weight is 492 g/mol. The zero-order chi connectivity index (χ0) is 25.4. The van der Waals surface area contributed by atoms with Crippen LogP contribution in [0.25, 0.3) is 10.9 Å². The topological polar surface area (TPSA) is 166 Å². The van der Waals surface area contributed by atoms with Crippen LogP contribution >= 0.6 is 12.6 Å². The molecule has 5 unspecified atom stereocenters. The Morgan fingerprint density at radius 2 is 1.74 bits per heavy atom. The second-order valence-electron chi connectivity index (χ2n) is 8.35. The third kappa shape index (κ3) is 6.97. The highest BCUT2D eigenvalue weighted by Crippen LogP contribution is 2.19. The van der Waals surface area contributed by atoms with Gasteiger partial charge in [0.25, 0.3) is 0 Å². The molecule has 7 N–H and O–H groups in total. The van der Waals surface area contributed by atoms with E-state index in [0.29, 0.717) is 6.42 Å². The number of amides is 3. The van der Waals surface area contributed by atoms with Gasteiger partial charge in [0, 0.05) is 29.3 Å². The Labute approximate surface area is 203 Å². The molecule has 0 aliphatic rings. The lowest BCUT2D eigenvalue weighted by atomic mass is 9.97. The third-order valence-electron chi connectivity index (χ3n) is 5.79. The quantitative estimate of drug-likeness (QED) is 0.214. The number of para-hydroxylation sites is 1. The minimum atomic E-state index is -1.19. The van der Waals surface area contributed by atoms with Gasteiger partial charge in [-0.05, 0) is 24.5 Å². The zero-order valence-corrected chi connectivity index (χ0v) is 20.4. The fourth-order valence-electron chi connectivity index (χ4n) is 3.43. The van der Waals surface area contributed by atoms with E-state index >= 15 is 0 Å². The van der Waals surface area contributed by atoms with Crippen LogP contribution < -0.4 is 21.7 Å². The third-order valence-corrected chi connectivity index (χ3v) is 6.19. The Bertz CT molecular complexity index is 1030. The largest absolute Gasteiger partial charge is 0.480 e. The van der Waals surface area contributed by atoms with Crippen molar-refractivity contribution in [3.63, 3.8) is 0 Å². The highest BCUT2D eigenvalue weighted by Gasteiger charge is 2.31. The molecule has 5 atom stereocenters. The van der Waals surface area contributed by atoms with Gasteiger partial charge in [-0.1, -0.05) is 38.5 Å². The lowest BCUT2D eigenvalue weighted by Crippen LogP contribution is -2.58. The van der Waals surface area contributed by atoms with Crippen LogP contribution in [0, 0.1) is 5.92 Å². The standard InChI is InChI=1S/C23H33N5O5S/c1-4-12(2)19(28-21(30)16(24)11-34)22(31)26-13(3)20(29)27-18(23(32)33)9-14-10-25-17-8-6-5-7-15(14)17/h5-8,10,12-13,16,18-19,25,34H,4,9,11,24H2,1-3H3,(H,26,31)(H,27,29)(H,28,30)(H,32,33). The van der Waals surface area contributed by atoms with Gasteiger partial charge in [0.05, 0.1) is 6.04 Å². The summed E-state index contributed by atoms with van der Waals surface area (Å²) in [5, 5.41) is 18.2. The van der Waals surface area contributed by atoms with Crippen molar-refractivity contribution in [1.82, 2.24) is 20.9 Å².